The molecule has 6 heteroatoms. The van der Waals surface area contributed by atoms with Crippen molar-refractivity contribution in [1.82, 2.24) is 9.55 Å². The minimum Gasteiger partial charge on any atom is -0.336 e. The Morgan fingerprint density at radius 1 is 1.08 bits per heavy atom. The Morgan fingerprint density at radius 3 is 2.67 bits per heavy atom. The molecule has 3 rings (SSSR count). The van der Waals surface area contributed by atoms with Crippen LogP contribution in [0.3, 0.4) is 0 Å². The Bertz CT molecular complexity index is 764. The van der Waals surface area contributed by atoms with Gasteiger partial charge in [-0.15, -0.1) is 23.5 Å². The standard InChI is InChI=1S/C18H16Cl2N2S2/c19-14-6-7-17(20)18(10-14)24-16(11-22-9-8-21-13-22)12-23-15-4-2-1-3-5-15/h1-10,13,16H,11-12H2. The predicted molar refractivity (Wildman–Crippen MR) is 106 cm³/mol. The minimum absolute atomic E-state index is 0.348. The maximum Gasteiger partial charge on any atom is 0.0946 e. The van der Waals surface area contributed by atoms with Gasteiger partial charge in [0.2, 0.25) is 0 Å². The van der Waals surface area contributed by atoms with E-state index in [-0.39, 0.29) is 0 Å². The van der Waals surface area contributed by atoms with Crippen molar-refractivity contribution in [3.05, 3.63) is 77.3 Å². The highest BCUT2D eigenvalue weighted by atomic mass is 35.5. The molecule has 0 aliphatic heterocycles. The molecule has 1 aromatic heterocycles. The second kappa shape index (κ2) is 8.86. The summed E-state index contributed by atoms with van der Waals surface area (Å²) in [6, 6.07) is 16.0. The van der Waals surface area contributed by atoms with Gasteiger partial charge in [0.1, 0.15) is 0 Å². The Kier molecular flexibility index (Phi) is 6.55. The van der Waals surface area contributed by atoms with Crippen LogP contribution in [0.4, 0.5) is 0 Å². The number of aromatic nitrogens is 2. The topological polar surface area (TPSA) is 17.8 Å². The molecule has 0 saturated heterocycles. The first-order chi connectivity index (χ1) is 11.7. The SMILES string of the molecule is Clc1ccc(Cl)c(SC(CSc2ccccc2)Cn2ccnc2)c1. The quantitative estimate of drug-likeness (QED) is 0.447. The van der Waals surface area contributed by atoms with Crippen molar-refractivity contribution in [2.24, 2.45) is 0 Å². The molecule has 0 spiro atoms. The summed E-state index contributed by atoms with van der Waals surface area (Å²) in [5, 5.41) is 1.80. The van der Waals surface area contributed by atoms with E-state index in [9.17, 15) is 0 Å². The van der Waals surface area contributed by atoms with Gasteiger partial charge in [-0.05, 0) is 30.3 Å². The number of thioether (sulfide) groups is 2. The van der Waals surface area contributed by atoms with Gasteiger partial charge < -0.3 is 4.57 Å². The van der Waals surface area contributed by atoms with Crippen molar-refractivity contribution in [3.8, 4) is 0 Å². The Hall–Kier alpha value is -1.07. The molecule has 1 unspecified atom stereocenters. The lowest BCUT2D eigenvalue weighted by molar-refractivity contribution is 0.695. The lowest BCUT2D eigenvalue weighted by Crippen LogP contribution is -2.14. The third kappa shape index (κ3) is 5.21. The van der Waals surface area contributed by atoms with Crippen molar-refractivity contribution in [2.75, 3.05) is 5.75 Å². The van der Waals surface area contributed by atoms with Gasteiger partial charge in [-0.1, -0.05) is 41.4 Å². The lowest BCUT2D eigenvalue weighted by Gasteiger charge is -2.18. The van der Waals surface area contributed by atoms with Crippen LogP contribution in [0.25, 0.3) is 0 Å². The number of hydrogen-bond donors (Lipinski definition) is 0. The van der Waals surface area contributed by atoms with Crippen LogP contribution < -0.4 is 0 Å². The summed E-state index contributed by atoms with van der Waals surface area (Å²) in [4.78, 5) is 6.42. The van der Waals surface area contributed by atoms with Crippen molar-refractivity contribution in [2.45, 2.75) is 21.6 Å². The van der Waals surface area contributed by atoms with Crippen LogP contribution in [0.1, 0.15) is 0 Å². The van der Waals surface area contributed by atoms with Crippen LogP contribution in [-0.2, 0) is 6.54 Å². The van der Waals surface area contributed by atoms with E-state index < -0.39 is 0 Å². The van der Waals surface area contributed by atoms with E-state index in [1.54, 1.807) is 18.0 Å². The van der Waals surface area contributed by atoms with Crippen molar-refractivity contribution >= 4 is 46.7 Å². The molecule has 0 fully saturated rings. The van der Waals surface area contributed by atoms with Crippen molar-refractivity contribution in [1.29, 1.82) is 0 Å². The fourth-order valence-electron chi connectivity index (χ4n) is 2.21. The molecule has 124 valence electrons. The number of halogens is 2. The highest BCUT2D eigenvalue weighted by molar-refractivity contribution is 8.03. The molecule has 0 amide bonds. The van der Waals surface area contributed by atoms with E-state index in [0.29, 0.717) is 10.3 Å². The zero-order chi connectivity index (χ0) is 16.8. The number of benzene rings is 2. The molecule has 0 saturated carbocycles. The van der Waals surface area contributed by atoms with Gasteiger partial charge in [0, 0.05) is 44.8 Å². The summed E-state index contributed by atoms with van der Waals surface area (Å²) in [6.07, 6.45) is 5.64. The average molecular weight is 395 g/mol. The average Bonchev–Trinajstić information content (AvgIpc) is 3.10. The Balaban J connectivity index is 1.72. The molecule has 2 aromatic carbocycles. The maximum atomic E-state index is 6.33. The van der Waals surface area contributed by atoms with Gasteiger partial charge in [0.15, 0.2) is 0 Å². The molecule has 2 nitrogen and oxygen atoms in total. The van der Waals surface area contributed by atoms with E-state index in [1.165, 1.54) is 4.90 Å². The van der Waals surface area contributed by atoms with Gasteiger partial charge in [-0.3, -0.25) is 0 Å². The number of hydrogen-bond acceptors (Lipinski definition) is 3. The molecule has 0 radical (unpaired) electrons. The Morgan fingerprint density at radius 2 is 1.92 bits per heavy atom. The van der Waals surface area contributed by atoms with Gasteiger partial charge >= 0.3 is 0 Å². The number of nitrogens with zero attached hydrogens (tertiary/aromatic N) is 2. The van der Waals surface area contributed by atoms with Crippen LogP contribution in [0.5, 0.6) is 0 Å². The molecule has 24 heavy (non-hydrogen) atoms. The maximum absolute atomic E-state index is 6.33. The fraction of sp³-hybridized carbons (Fsp3) is 0.167. The van der Waals surface area contributed by atoms with Crippen molar-refractivity contribution < 1.29 is 0 Å². The summed E-state index contributed by atoms with van der Waals surface area (Å²) in [5.41, 5.74) is 0. The monoisotopic (exact) mass is 394 g/mol. The smallest absolute Gasteiger partial charge is 0.0946 e. The summed E-state index contributed by atoms with van der Waals surface area (Å²) >= 11 is 16.1. The largest absolute Gasteiger partial charge is 0.336 e. The van der Waals surface area contributed by atoms with Gasteiger partial charge in [-0.2, -0.15) is 0 Å². The molecule has 0 N–H and O–H groups in total. The zero-order valence-corrected chi connectivity index (χ0v) is 16.0. The Labute approximate surface area is 160 Å². The number of rotatable bonds is 7. The predicted octanol–water partition coefficient (Wildman–Crippen LogP) is 6.14. The lowest BCUT2D eigenvalue weighted by atomic mass is 10.4. The van der Waals surface area contributed by atoms with Crippen LogP contribution >= 0.6 is 46.7 Å². The second-order valence-corrected chi connectivity index (χ2v) is 8.48. The molecule has 0 aliphatic carbocycles. The first-order valence-electron chi connectivity index (χ1n) is 7.46. The molecular formula is C18H16Cl2N2S2. The first kappa shape index (κ1) is 17.7. The molecule has 1 heterocycles. The summed E-state index contributed by atoms with van der Waals surface area (Å²) in [7, 11) is 0. The first-order valence-corrected chi connectivity index (χ1v) is 10.1. The number of imidazole rings is 1. The highest BCUT2D eigenvalue weighted by Gasteiger charge is 2.15. The van der Waals surface area contributed by atoms with Crippen LogP contribution in [0, 0.1) is 0 Å². The second-order valence-electron chi connectivity index (χ2n) is 5.20. The van der Waals surface area contributed by atoms with Crippen molar-refractivity contribution in [3.63, 3.8) is 0 Å². The molecule has 1 atom stereocenters. The van der Waals surface area contributed by atoms with Gasteiger partial charge in [0.05, 0.1) is 11.3 Å². The van der Waals surface area contributed by atoms with Crippen LogP contribution in [0.2, 0.25) is 10.0 Å². The summed E-state index contributed by atoms with van der Waals surface area (Å²) in [6.45, 7) is 0.868. The summed E-state index contributed by atoms with van der Waals surface area (Å²) in [5.74, 6) is 0.968. The van der Waals surface area contributed by atoms with E-state index in [4.69, 9.17) is 23.2 Å². The van der Waals surface area contributed by atoms with E-state index in [1.807, 2.05) is 48.6 Å². The van der Waals surface area contributed by atoms with Gasteiger partial charge in [0.25, 0.3) is 0 Å². The minimum atomic E-state index is 0.348. The van der Waals surface area contributed by atoms with Crippen LogP contribution in [0.15, 0.2) is 77.0 Å². The zero-order valence-electron chi connectivity index (χ0n) is 12.8. The molecule has 0 aliphatic rings. The third-order valence-corrected chi connectivity index (χ3v) is 6.64. The molecular weight excluding hydrogens is 379 g/mol. The fourth-order valence-corrected chi connectivity index (χ4v) is 4.99. The van der Waals surface area contributed by atoms with E-state index in [0.717, 1.165) is 22.2 Å². The molecule has 0 bridgehead atoms. The van der Waals surface area contributed by atoms with Crippen LogP contribution in [-0.4, -0.2) is 20.6 Å². The third-order valence-electron chi connectivity index (χ3n) is 3.34. The summed E-state index contributed by atoms with van der Waals surface area (Å²) < 4.78 is 2.10. The van der Waals surface area contributed by atoms with E-state index in [2.05, 4.69) is 33.8 Å². The van der Waals surface area contributed by atoms with E-state index >= 15 is 0 Å². The molecule has 3 aromatic rings. The normalized spacial score (nSPS) is 12.2. The highest BCUT2D eigenvalue weighted by Crippen LogP contribution is 2.35. The van der Waals surface area contributed by atoms with Gasteiger partial charge in [-0.25, -0.2) is 4.98 Å².